The number of piperidine rings is 1. The molecule has 2 heterocycles. The number of carbonyl (C=O) groups excluding carboxylic acids is 1. The van der Waals surface area contributed by atoms with Gasteiger partial charge in [-0.25, -0.2) is 4.39 Å². The summed E-state index contributed by atoms with van der Waals surface area (Å²) in [5.74, 6) is -0.186. The van der Waals surface area contributed by atoms with Crippen LogP contribution in [0.3, 0.4) is 0 Å². The van der Waals surface area contributed by atoms with Crippen LogP contribution < -0.4 is 5.32 Å². The highest BCUT2D eigenvalue weighted by Gasteiger charge is 2.36. The summed E-state index contributed by atoms with van der Waals surface area (Å²) in [7, 11) is 0. The van der Waals surface area contributed by atoms with Gasteiger partial charge in [-0.3, -0.25) is 9.69 Å². The Kier molecular flexibility index (Phi) is 6.22. The third-order valence-electron chi connectivity index (χ3n) is 5.39. The topological polar surface area (TPSA) is 59.4 Å². The summed E-state index contributed by atoms with van der Waals surface area (Å²) in [4.78, 5) is 16.2. The highest BCUT2D eigenvalue weighted by molar-refractivity contribution is 5.79. The summed E-state index contributed by atoms with van der Waals surface area (Å²) < 4.78 is 13.5. The van der Waals surface area contributed by atoms with Gasteiger partial charge >= 0.3 is 0 Å². The van der Waals surface area contributed by atoms with Crippen LogP contribution in [0.25, 0.3) is 0 Å². The number of halogens is 1. The summed E-state index contributed by atoms with van der Waals surface area (Å²) in [6.45, 7) is 9.78. The van der Waals surface area contributed by atoms with Crippen molar-refractivity contribution in [2.75, 3.05) is 19.6 Å². The number of likely N-dealkylation sites (tertiary alicyclic amines) is 2. The highest BCUT2D eigenvalue weighted by atomic mass is 19.1. The molecule has 0 radical (unpaired) electrons. The second-order valence-electron chi connectivity index (χ2n) is 8.06. The minimum atomic E-state index is -1.08. The number of rotatable bonds is 5. The highest BCUT2D eigenvalue weighted by Crippen LogP contribution is 2.24. The predicted molar refractivity (Wildman–Crippen MR) is 92.2 cm³/mol. The molecule has 0 saturated carbocycles. The van der Waals surface area contributed by atoms with Crippen LogP contribution >= 0.6 is 0 Å². The number of hydrogen-bond donors (Lipinski definition) is 1. The molecule has 1 amide bonds. The molecule has 1 N–H and O–H groups in total. The van der Waals surface area contributed by atoms with Gasteiger partial charge in [0, 0.05) is 30.6 Å². The number of amides is 1. The van der Waals surface area contributed by atoms with Crippen molar-refractivity contribution < 1.29 is 9.18 Å². The van der Waals surface area contributed by atoms with Crippen molar-refractivity contribution in [3.8, 4) is 6.07 Å². The van der Waals surface area contributed by atoms with E-state index in [0.29, 0.717) is 12.1 Å². The molecule has 5 nitrogen and oxygen atoms in total. The van der Waals surface area contributed by atoms with Crippen molar-refractivity contribution in [2.45, 2.75) is 83.2 Å². The van der Waals surface area contributed by atoms with Crippen LogP contribution in [0.15, 0.2) is 0 Å². The lowest BCUT2D eigenvalue weighted by Crippen LogP contribution is -2.57. The first-order valence-electron chi connectivity index (χ1n) is 9.07. The van der Waals surface area contributed by atoms with E-state index in [0.717, 1.165) is 6.54 Å². The number of alkyl halides is 1. The molecule has 0 aliphatic carbocycles. The molecule has 4 atom stereocenters. The maximum absolute atomic E-state index is 13.5. The Morgan fingerprint density at radius 3 is 2.54 bits per heavy atom. The zero-order valence-electron chi connectivity index (χ0n) is 15.4. The minimum absolute atomic E-state index is 0.0410. The largest absolute Gasteiger partial charge is 0.323 e. The van der Waals surface area contributed by atoms with Crippen molar-refractivity contribution in [3.05, 3.63) is 0 Å². The van der Waals surface area contributed by atoms with Crippen LogP contribution in [0.5, 0.6) is 0 Å². The normalized spacial score (nSPS) is 31.9. The van der Waals surface area contributed by atoms with E-state index >= 15 is 0 Å². The van der Waals surface area contributed by atoms with Gasteiger partial charge in [0.15, 0.2) is 0 Å². The predicted octanol–water partition coefficient (Wildman–Crippen LogP) is 2.08. The average molecular weight is 338 g/mol. The Hall–Kier alpha value is -1.19. The first-order chi connectivity index (χ1) is 11.2. The lowest BCUT2D eigenvalue weighted by molar-refractivity contribution is -0.130. The second-order valence-corrected chi connectivity index (χ2v) is 8.06. The van der Waals surface area contributed by atoms with Crippen molar-refractivity contribution in [1.29, 1.82) is 5.26 Å². The van der Waals surface area contributed by atoms with E-state index in [1.807, 2.05) is 6.07 Å². The lowest BCUT2D eigenvalue weighted by atomic mass is 9.94. The third-order valence-corrected chi connectivity index (χ3v) is 5.39. The maximum Gasteiger partial charge on any atom is 0.237 e. The average Bonchev–Trinajstić information content (AvgIpc) is 2.90. The van der Waals surface area contributed by atoms with Gasteiger partial charge in [0.2, 0.25) is 5.91 Å². The summed E-state index contributed by atoms with van der Waals surface area (Å²) in [6.07, 6.45) is 2.76. The Morgan fingerprint density at radius 1 is 1.33 bits per heavy atom. The number of nitrogens with one attached hydrogen (secondary N) is 1. The van der Waals surface area contributed by atoms with Crippen LogP contribution in [0, 0.1) is 11.3 Å². The van der Waals surface area contributed by atoms with Crippen LogP contribution in [0.2, 0.25) is 0 Å². The van der Waals surface area contributed by atoms with Crippen LogP contribution in [-0.2, 0) is 4.79 Å². The van der Waals surface area contributed by atoms with E-state index in [-0.39, 0.29) is 31.0 Å². The molecule has 0 aromatic rings. The minimum Gasteiger partial charge on any atom is -0.323 e. The van der Waals surface area contributed by atoms with E-state index < -0.39 is 12.2 Å². The molecule has 2 aliphatic rings. The van der Waals surface area contributed by atoms with Gasteiger partial charge in [-0.15, -0.1) is 0 Å². The summed E-state index contributed by atoms with van der Waals surface area (Å²) in [5, 5.41) is 12.4. The molecule has 0 aromatic heterocycles. The molecule has 2 unspecified atom stereocenters. The summed E-state index contributed by atoms with van der Waals surface area (Å²) in [5.41, 5.74) is -0.216. The molecule has 2 saturated heterocycles. The molecule has 0 aromatic carbocycles. The Morgan fingerprint density at radius 2 is 1.96 bits per heavy atom. The first kappa shape index (κ1) is 19.1. The molecular formula is C18H31FN4O. The van der Waals surface area contributed by atoms with E-state index in [9.17, 15) is 9.18 Å². The Balaban J connectivity index is 1.87. The van der Waals surface area contributed by atoms with Crippen molar-refractivity contribution in [3.63, 3.8) is 0 Å². The van der Waals surface area contributed by atoms with E-state index in [1.165, 1.54) is 24.2 Å². The monoisotopic (exact) mass is 338 g/mol. The zero-order chi connectivity index (χ0) is 17.9. The SMILES string of the molecule is CC1CCCC(C)N1CC(C)(C)NCC(=O)N1C[C@@H](F)C[C@H]1C#N. The van der Waals surface area contributed by atoms with E-state index in [2.05, 4.69) is 37.9 Å². The fourth-order valence-electron chi connectivity index (χ4n) is 3.90. The van der Waals surface area contributed by atoms with Gasteiger partial charge in [-0.1, -0.05) is 6.42 Å². The van der Waals surface area contributed by atoms with E-state index in [4.69, 9.17) is 5.26 Å². The number of carbonyl (C=O) groups is 1. The standard InChI is InChI=1S/C18H31FN4O/c1-13-6-5-7-14(2)23(13)12-18(3,4)21-10-17(24)22-11-15(19)8-16(22)9-20/h13-16,21H,5-8,10-12H2,1-4H3/t13?,14?,15-,16-/m0/s1. The maximum atomic E-state index is 13.5. The smallest absolute Gasteiger partial charge is 0.237 e. The number of hydrogen-bond acceptors (Lipinski definition) is 4. The molecule has 2 fully saturated rings. The Bertz CT molecular complexity index is 480. The van der Waals surface area contributed by atoms with Crippen LogP contribution in [0.1, 0.15) is 53.4 Å². The molecule has 24 heavy (non-hydrogen) atoms. The lowest BCUT2D eigenvalue weighted by Gasteiger charge is -2.43. The Labute approximate surface area is 145 Å². The third kappa shape index (κ3) is 4.67. The van der Waals surface area contributed by atoms with Crippen molar-refractivity contribution in [1.82, 2.24) is 15.1 Å². The van der Waals surface area contributed by atoms with E-state index in [1.54, 1.807) is 0 Å². The van der Waals surface area contributed by atoms with Gasteiger partial charge in [0.25, 0.3) is 0 Å². The first-order valence-corrected chi connectivity index (χ1v) is 9.07. The fraction of sp³-hybridized carbons (Fsp3) is 0.889. The van der Waals surface area contributed by atoms with Crippen molar-refractivity contribution >= 4 is 5.91 Å². The van der Waals surface area contributed by atoms with Gasteiger partial charge in [0.1, 0.15) is 12.2 Å². The van der Waals surface area contributed by atoms with Gasteiger partial charge in [-0.05, 0) is 40.5 Å². The van der Waals surface area contributed by atoms with Crippen molar-refractivity contribution in [2.24, 2.45) is 0 Å². The molecule has 0 bridgehead atoms. The van der Waals surface area contributed by atoms with Crippen LogP contribution in [-0.4, -0.2) is 65.2 Å². The summed E-state index contributed by atoms with van der Waals surface area (Å²) >= 11 is 0. The second kappa shape index (κ2) is 7.79. The molecular weight excluding hydrogens is 307 g/mol. The molecule has 6 heteroatoms. The number of nitriles is 1. The molecule has 2 aliphatic heterocycles. The molecule has 0 spiro atoms. The van der Waals surface area contributed by atoms with Gasteiger partial charge in [-0.2, -0.15) is 5.26 Å². The zero-order valence-corrected chi connectivity index (χ0v) is 15.4. The van der Waals surface area contributed by atoms with Gasteiger partial charge < -0.3 is 10.2 Å². The fourth-order valence-corrected chi connectivity index (χ4v) is 3.90. The number of nitrogens with zero attached hydrogens (tertiary/aromatic N) is 3. The molecule has 2 rings (SSSR count). The summed E-state index contributed by atoms with van der Waals surface area (Å²) in [6, 6.07) is 2.51. The van der Waals surface area contributed by atoms with Gasteiger partial charge in [0.05, 0.1) is 19.2 Å². The molecule has 136 valence electrons. The van der Waals surface area contributed by atoms with Crippen LogP contribution in [0.4, 0.5) is 4.39 Å². The quantitative estimate of drug-likeness (QED) is 0.834.